The van der Waals surface area contributed by atoms with E-state index in [1.165, 1.54) is 11.3 Å². The number of aliphatic hydroxyl groups excluding tert-OH is 1. The molecule has 1 fully saturated rings. The van der Waals surface area contributed by atoms with Gasteiger partial charge in [-0.15, -0.1) is 36.2 Å². The Morgan fingerprint density at radius 3 is 2.81 bits per heavy atom. The molecule has 0 spiro atoms. The number of carbonyl (C=O) groups excluding carboxylic acids is 1. The van der Waals surface area contributed by atoms with Gasteiger partial charge < -0.3 is 15.7 Å². The summed E-state index contributed by atoms with van der Waals surface area (Å²) in [6.45, 7) is 6.11. The van der Waals surface area contributed by atoms with Gasteiger partial charge >= 0.3 is 0 Å². The molecule has 0 radical (unpaired) electrons. The predicted molar refractivity (Wildman–Crippen MR) is 89.9 cm³/mol. The van der Waals surface area contributed by atoms with Crippen LogP contribution in [-0.2, 0) is 6.42 Å². The fourth-order valence-corrected chi connectivity index (χ4v) is 3.09. The number of β-amino-alcohol motifs (C(OH)–C–C–N with tert-alkyl or cyclic N) is 1. The number of hydrogen-bond donors (Lipinski definition) is 3. The van der Waals surface area contributed by atoms with Crippen molar-refractivity contribution in [3.05, 3.63) is 16.1 Å². The lowest BCUT2D eigenvalue weighted by Gasteiger charge is -2.13. The minimum atomic E-state index is -0.368. The lowest BCUT2D eigenvalue weighted by atomic mass is 10.1. The number of hydrogen-bond acceptors (Lipinski definition) is 5. The summed E-state index contributed by atoms with van der Waals surface area (Å²) < 4.78 is 0. The Morgan fingerprint density at radius 2 is 2.24 bits per heavy atom. The van der Waals surface area contributed by atoms with Crippen molar-refractivity contribution in [3.63, 3.8) is 0 Å². The molecular formula is C13H23Cl2N3O2S. The summed E-state index contributed by atoms with van der Waals surface area (Å²) in [5, 5.41) is 18.4. The monoisotopic (exact) mass is 355 g/mol. The number of rotatable bonds is 5. The van der Waals surface area contributed by atoms with Gasteiger partial charge in [-0.05, 0) is 5.92 Å². The molecule has 0 saturated carbocycles. The number of carbonyl (C=O) groups is 1. The first-order valence-corrected chi connectivity index (χ1v) is 7.55. The van der Waals surface area contributed by atoms with Gasteiger partial charge in [0.25, 0.3) is 5.91 Å². The maximum atomic E-state index is 11.9. The summed E-state index contributed by atoms with van der Waals surface area (Å²) in [6, 6.07) is 0. The van der Waals surface area contributed by atoms with Gasteiger partial charge in [-0.2, -0.15) is 0 Å². The SMILES string of the molecule is CC(C)Cc1nc(C(=O)NCC2CNCC2O)cs1.Cl.Cl. The molecule has 0 bridgehead atoms. The van der Waals surface area contributed by atoms with Gasteiger partial charge in [-0.3, -0.25) is 4.79 Å². The highest BCUT2D eigenvalue weighted by Gasteiger charge is 2.25. The van der Waals surface area contributed by atoms with E-state index in [9.17, 15) is 9.90 Å². The molecule has 1 aliphatic heterocycles. The van der Waals surface area contributed by atoms with Gasteiger partial charge in [-0.25, -0.2) is 4.98 Å². The Balaban J connectivity index is 0.00000200. The Bertz CT molecular complexity index is 443. The van der Waals surface area contributed by atoms with Crippen molar-refractivity contribution < 1.29 is 9.90 Å². The van der Waals surface area contributed by atoms with Crippen molar-refractivity contribution in [1.29, 1.82) is 0 Å². The van der Waals surface area contributed by atoms with Crippen molar-refractivity contribution in [2.45, 2.75) is 26.4 Å². The van der Waals surface area contributed by atoms with Gasteiger partial charge in [0.2, 0.25) is 0 Å². The third-order valence-corrected chi connectivity index (χ3v) is 4.07. The second-order valence-electron chi connectivity index (χ2n) is 5.42. The Kier molecular flexibility index (Phi) is 9.40. The largest absolute Gasteiger partial charge is 0.391 e. The molecule has 2 heterocycles. The van der Waals surface area contributed by atoms with E-state index in [1.54, 1.807) is 5.38 Å². The molecule has 1 aliphatic rings. The van der Waals surface area contributed by atoms with Crippen molar-refractivity contribution >= 4 is 42.1 Å². The van der Waals surface area contributed by atoms with Crippen LogP contribution in [0.2, 0.25) is 0 Å². The maximum Gasteiger partial charge on any atom is 0.270 e. The molecule has 2 unspecified atom stereocenters. The molecule has 0 aromatic carbocycles. The molecule has 8 heteroatoms. The van der Waals surface area contributed by atoms with E-state index in [4.69, 9.17) is 0 Å². The molecule has 1 amide bonds. The summed E-state index contributed by atoms with van der Waals surface area (Å²) >= 11 is 1.53. The van der Waals surface area contributed by atoms with Crippen LogP contribution < -0.4 is 10.6 Å². The highest BCUT2D eigenvalue weighted by Crippen LogP contribution is 2.14. The molecule has 2 atom stereocenters. The molecule has 0 aliphatic carbocycles. The number of halogens is 2. The van der Waals surface area contributed by atoms with Crippen LogP contribution in [0, 0.1) is 11.8 Å². The van der Waals surface area contributed by atoms with E-state index < -0.39 is 0 Å². The molecule has 1 saturated heterocycles. The summed E-state index contributed by atoms with van der Waals surface area (Å²) in [6.07, 6.45) is 0.538. The number of nitrogens with one attached hydrogen (secondary N) is 2. The van der Waals surface area contributed by atoms with Crippen molar-refractivity contribution in [2.75, 3.05) is 19.6 Å². The third kappa shape index (κ3) is 6.08. The van der Waals surface area contributed by atoms with Crippen LogP contribution in [0.4, 0.5) is 0 Å². The van der Waals surface area contributed by atoms with Gasteiger partial charge in [0.05, 0.1) is 11.1 Å². The number of nitrogens with zero attached hydrogens (tertiary/aromatic N) is 1. The smallest absolute Gasteiger partial charge is 0.270 e. The van der Waals surface area contributed by atoms with Crippen LogP contribution in [0.3, 0.4) is 0 Å². The standard InChI is InChI=1S/C13H21N3O2S.2ClH/c1-8(2)3-12-16-10(7-19-12)13(18)15-5-9-4-14-6-11(9)17;;/h7-9,11,14,17H,3-6H2,1-2H3,(H,15,18);2*1H. The average Bonchev–Trinajstić information content (AvgIpc) is 2.95. The minimum Gasteiger partial charge on any atom is -0.391 e. The van der Waals surface area contributed by atoms with E-state index in [1.807, 2.05) is 0 Å². The van der Waals surface area contributed by atoms with E-state index in [-0.39, 0.29) is 42.7 Å². The lowest BCUT2D eigenvalue weighted by molar-refractivity contribution is 0.0922. The van der Waals surface area contributed by atoms with E-state index >= 15 is 0 Å². The number of thiazole rings is 1. The number of amides is 1. The van der Waals surface area contributed by atoms with Crippen LogP contribution in [0.25, 0.3) is 0 Å². The van der Waals surface area contributed by atoms with Gasteiger partial charge in [0.1, 0.15) is 5.69 Å². The van der Waals surface area contributed by atoms with Crippen LogP contribution in [0.1, 0.15) is 29.3 Å². The van der Waals surface area contributed by atoms with E-state index in [0.29, 0.717) is 24.7 Å². The van der Waals surface area contributed by atoms with Crippen LogP contribution >= 0.6 is 36.2 Å². The summed E-state index contributed by atoms with van der Waals surface area (Å²) in [5.41, 5.74) is 0.487. The first-order valence-electron chi connectivity index (χ1n) is 6.67. The molecule has 1 aromatic heterocycles. The maximum absolute atomic E-state index is 11.9. The van der Waals surface area contributed by atoms with Gasteiger partial charge in [0.15, 0.2) is 0 Å². The topological polar surface area (TPSA) is 74.2 Å². The highest BCUT2D eigenvalue weighted by atomic mass is 35.5. The molecule has 21 heavy (non-hydrogen) atoms. The zero-order valence-electron chi connectivity index (χ0n) is 12.2. The van der Waals surface area contributed by atoms with Crippen LogP contribution in [0.5, 0.6) is 0 Å². The summed E-state index contributed by atoms with van der Waals surface area (Å²) in [5.74, 6) is 0.491. The molecule has 3 N–H and O–H groups in total. The minimum absolute atomic E-state index is 0. The fourth-order valence-electron chi connectivity index (χ4n) is 2.10. The fraction of sp³-hybridized carbons (Fsp3) is 0.692. The number of aliphatic hydroxyl groups is 1. The van der Waals surface area contributed by atoms with Gasteiger partial charge in [-0.1, -0.05) is 13.8 Å². The lowest BCUT2D eigenvalue weighted by Crippen LogP contribution is -2.34. The number of aromatic nitrogens is 1. The predicted octanol–water partition coefficient (Wildman–Crippen LogP) is 1.50. The quantitative estimate of drug-likeness (QED) is 0.748. The normalized spacial score (nSPS) is 20.8. The highest BCUT2D eigenvalue weighted by molar-refractivity contribution is 7.09. The van der Waals surface area contributed by atoms with Crippen molar-refractivity contribution in [1.82, 2.24) is 15.6 Å². The Morgan fingerprint density at radius 1 is 1.52 bits per heavy atom. The van der Waals surface area contributed by atoms with E-state index in [0.717, 1.165) is 18.0 Å². The molecule has 122 valence electrons. The summed E-state index contributed by atoms with van der Waals surface area (Å²) in [4.78, 5) is 16.3. The third-order valence-electron chi connectivity index (χ3n) is 3.20. The molecule has 5 nitrogen and oxygen atoms in total. The Labute approximate surface area is 141 Å². The zero-order valence-corrected chi connectivity index (χ0v) is 14.6. The average molecular weight is 356 g/mol. The molecule has 1 aromatic rings. The first kappa shape index (κ1) is 20.6. The van der Waals surface area contributed by atoms with Gasteiger partial charge in [0, 0.05) is 37.4 Å². The molecule has 2 rings (SSSR count). The van der Waals surface area contributed by atoms with Crippen molar-refractivity contribution in [3.8, 4) is 0 Å². The van der Waals surface area contributed by atoms with Crippen LogP contribution in [0.15, 0.2) is 5.38 Å². The second-order valence-corrected chi connectivity index (χ2v) is 6.36. The second kappa shape index (κ2) is 9.58. The molecular weight excluding hydrogens is 333 g/mol. The zero-order chi connectivity index (χ0) is 13.8. The van der Waals surface area contributed by atoms with Crippen LogP contribution in [-0.4, -0.2) is 41.7 Å². The van der Waals surface area contributed by atoms with Crippen molar-refractivity contribution in [2.24, 2.45) is 11.8 Å². The Hall–Kier alpha value is -0.400. The first-order chi connectivity index (χ1) is 9.06. The summed E-state index contributed by atoms with van der Waals surface area (Å²) in [7, 11) is 0. The van der Waals surface area contributed by atoms with E-state index in [2.05, 4.69) is 29.5 Å².